The van der Waals surface area contributed by atoms with Crippen LogP contribution in [-0.4, -0.2) is 37.1 Å². The summed E-state index contributed by atoms with van der Waals surface area (Å²) in [6, 6.07) is 0.716. The Morgan fingerprint density at radius 1 is 1.29 bits per heavy atom. The van der Waals surface area contributed by atoms with E-state index in [2.05, 4.69) is 24.1 Å². The van der Waals surface area contributed by atoms with E-state index in [4.69, 9.17) is 0 Å². The third-order valence-electron chi connectivity index (χ3n) is 4.50. The maximum atomic E-state index is 3.76. The van der Waals surface area contributed by atoms with Crippen LogP contribution in [-0.2, 0) is 0 Å². The molecule has 2 heteroatoms. The van der Waals surface area contributed by atoms with Crippen LogP contribution in [0.1, 0.15) is 52.4 Å². The van der Waals surface area contributed by atoms with Crippen LogP contribution in [0.5, 0.6) is 0 Å². The molecule has 0 spiro atoms. The van der Waals surface area contributed by atoms with Gasteiger partial charge in [-0.2, -0.15) is 0 Å². The molecule has 0 amide bonds. The zero-order chi connectivity index (χ0) is 12.1. The van der Waals surface area contributed by atoms with E-state index in [1.165, 1.54) is 64.7 Å². The average molecular weight is 238 g/mol. The summed E-state index contributed by atoms with van der Waals surface area (Å²) in [6.07, 6.45) is 8.52. The lowest BCUT2D eigenvalue weighted by Gasteiger charge is -2.36. The van der Waals surface area contributed by atoms with Crippen LogP contribution in [0.4, 0.5) is 0 Å². The molecule has 2 fully saturated rings. The zero-order valence-corrected chi connectivity index (χ0v) is 11.8. The monoisotopic (exact) mass is 238 g/mol. The van der Waals surface area contributed by atoms with Gasteiger partial charge < -0.3 is 10.2 Å². The van der Waals surface area contributed by atoms with Crippen molar-refractivity contribution in [2.24, 2.45) is 11.8 Å². The highest BCUT2D eigenvalue weighted by Crippen LogP contribution is 2.31. The number of hydrogen-bond acceptors (Lipinski definition) is 2. The minimum atomic E-state index is 0.716. The van der Waals surface area contributed by atoms with Crippen LogP contribution in [0, 0.1) is 11.8 Å². The van der Waals surface area contributed by atoms with Crippen LogP contribution >= 0.6 is 0 Å². The van der Waals surface area contributed by atoms with Gasteiger partial charge in [-0.25, -0.2) is 0 Å². The highest BCUT2D eigenvalue weighted by molar-refractivity contribution is 4.81. The molecule has 100 valence electrons. The Morgan fingerprint density at radius 2 is 2.12 bits per heavy atom. The fourth-order valence-corrected chi connectivity index (χ4v) is 3.11. The normalized spacial score (nSPS) is 28.2. The minimum absolute atomic E-state index is 0.716. The van der Waals surface area contributed by atoms with Crippen LogP contribution in [0.3, 0.4) is 0 Å². The van der Waals surface area contributed by atoms with Gasteiger partial charge in [0, 0.05) is 12.6 Å². The molecule has 0 bridgehead atoms. The zero-order valence-electron chi connectivity index (χ0n) is 11.8. The highest BCUT2D eigenvalue weighted by atomic mass is 15.1. The number of nitrogens with one attached hydrogen (secondary N) is 1. The van der Waals surface area contributed by atoms with Crippen molar-refractivity contribution in [3.05, 3.63) is 0 Å². The van der Waals surface area contributed by atoms with Crippen LogP contribution < -0.4 is 5.32 Å². The Morgan fingerprint density at radius 3 is 2.82 bits per heavy atom. The number of nitrogens with zero attached hydrogens (tertiary/aromatic N) is 1. The fourth-order valence-electron chi connectivity index (χ4n) is 3.11. The lowest BCUT2D eigenvalue weighted by atomic mass is 9.91. The van der Waals surface area contributed by atoms with E-state index in [1.54, 1.807) is 0 Å². The molecule has 1 saturated carbocycles. The van der Waals surface area contributed by atoms with Crippen molar-refractivity contribution < 1.29 is 0 Å². The van der Waals surface area contributed by atoms with Crippen LogP contribution in [0.15, 0.2) is 0 Å². The molecule has 2 nitrogen and oxygen atoms in total. The number of likely N-dealkylation sites (tertiary alicyclic amines) is 1. The Labute approximate surface area is 107 Å². The van der Waals surface area contributed by atoms with Crippen molar-refractivity contribution in [1.82, 2.24) is 10.2 Å². The topological polar surface area (TPSA) is 15.3 Å². The lowest BCUT2D eigenvalue weighted by Crippen LogP contribution is -2.44. The van der Waals surface area contributed by atoms with Crippen LogP contribution in [0.2, 0.25) is 0 Å². The van der Waals surface area contributed by atoms with Gasteiger partial charge in [0.25, 0.3) is 0 Å². The standard InChI is InChI=1S/C15H30N2/c1-3-10-17-11-4-5-15(12-17)13(2)16-9-8-14-6-7-14/h13-16H,3-12H2,1-2H3. The minimum Gasteiger partial charge on any atom is -0.314 e. The Kier molecular flexibility index (Phi) is 5.30. The molecule has 2 aliphatic rings. The molecule has 0 aromatic rings. The summed E-state index contributed by atoms with van der Waals surface area (Å²) in [6.45, 7) is 9.89. The van der Waals surface area contributed by atoms with E-state index in [0.29, 0.717) is 6.04 Å². The third kappa shape index (κ3) is 4.59. The van der Waals surface area contributed by atoms with Crippen molar-refractivity contribution >= 4 is 0 Å². The first-order valence-corrected chi connectivity index (χ1v) is 7.75. The van der Waals surface area contributed by atoms with E-state index in [-0.39, 0.29) is 0 Å². The average Bonchev–Trinajstić information content (AvgIpc) is 3.14. The maximum Gasteiger partial charge on any atom is 0.00792 e. The predicted octanol–water partition coefficient (Wildman–Crippen LogP) is 2.89. The van der Waals surface area contributed by atoms with E-state index in [0.717, 1.165) is 11.8 Å². The van der Waals surface area contributed by atoms with E-state index in [9.17, 15) is 0 Å². The molecule has 1 aliphatic carbocycles. The first-order chi connectivity index (χ1) is 8.29. The number of rotatable bonds is 7. The molecule has 0 radical (unpaired) electrons. The van der Waals surface area contributed by atoms with Gasteiger partial charge in [-0.05, 0) is 64.1 Å². The van der Waals surface area contributed by atoms with Gasteiger partial charge in [-0.1, -0.05) is 19.8 Å². The summed E-state index contributed by atoms with van der Waals surface area (Å²) in [5.41, 5.74) is 0. The molecule has 2 atom stereocenters. The lowest BCUT2D eigenvalue weighted by molar-refractivity contribution is 0.151. The summed E-state index contributed by atoms with van der Waals surface area (Å²) < 4.78 is 0. The van der Waals surface area contributed by atoms with Gasteiger partial charge in [0.15, 0.2) is 0 Å². The third-order valence-corrected chi connectivity index (χ3v) is 4.50. The first kappa shape index (κ1) is 13.4. The SMILES string of the molecule is CCCN1CCCC(C(C)NCCC2CC2)C1. The van der Waals surface area contributed by atoms with E-state index >= 15 is 0 Å². The fraction of sp³-hybridized carbons (Fsp3) is 1.00. The molecular formula is C15H30N2. The van der Waals surface area contributed by atoms with Gasteiger partial charge in [0.2, 0.25) is 0 Å². The highest BCUT2D eigenvalue weighted by Gasteiger charge is 2.25. The number of piperidine rings is 1. The molecule has 1 saturated heterocycles. The van der Waals surface area contributed by atoms with Crippen molar-refractivity contribution in [2.75, 3.05) is 26.2 Å². The van der Waals surface area contributed by atoms with Gasteiger partial charge >= 0.3 is 0 Å². The smallest absolute Gasteiger partial charge is 0.00792 e. The molecule has 2 rings (SSSR count). The van der Waals surface area contributed by atoms with Gasteiger partial charge in [0.05, 0.1) is 0 Å². The van der Waals surface area contributed by atoms with E-state index < -0.39 is 0 Å². The van der Waals surface area contributed by atoms with Crippen molar-refractivity contribution in [1.29, 1.82) is 0 Å². The summed E-state index contributed by atoms with van der Waals surface area (Å²) in [7, 11) is 0. The Hall–Kier alpha value is -0.0800. The van der Waals surface area contributed by atoms with Crippen molar-refractivity contribution in [3.63, 3.8) is 0 Å². The van der Waals surface area contributed by atoms with E-state index in [1.807, 2.05) is 0 Å². The molecule has 17 heavy (non-hydrogen) atoms. The Bertz CT molecular complexity index is 211. The summed E-state index contributed by atoms with van der Waals surface area (Å²) >= 11 is 0. The van der Waals surface area contributed by atoms with Crippen molar-refractivity contribution in [3.8, 4) is 0 Å². The van der Waals surface area contributed by atoms with Crippen molar-refractivity contribution in [2.45, 2.75) is 58.4 Å². The molecule has 0 aromatic heterocycles. The number of hydrogen-bond donors (Lipinski definition) is 1. The largest absolute Gasteiger partial charge is 0.314 e. The second kappa shape index (κ2) is 6.75. The first-order valence-electron chi connectivity index (χ1n) is 7.75. The molecule has 1 N–H and O–H groups in total. The van der Waals surface area contributed by atoms with Gasteiger partial charge in [-0.3, -0.25) is 0 Å². The molecule has 1 heterocycles. The quantitative estimate of drug-likeness (QED) is 0.733. The predicted molar refractivity (Wildman–Crippen MR) is 74.3 cm³/mol. The molecule has 1 aliphatic heterocycles. The molecular weight excluding hydrogens is 208 g/mol. The summed E-state index contributed by atoms with van der Waals surface area (Å²) in [5, 5.41) is 3.76. The Balaban J connectivity index is 1.63. The van der Waals surface area contributed by atoms with Gasteiger partial charge in [-0.15, -0.1) is 0 Å². The molecule has 0 aromatic carbocycles. The second-order valence-electron chi connectivity index (χ2n) is 6.18. The van der Waals surface area contributed by atoms with Gasteiger partial charge in [0.1, 0.15) is 0 Å². The van der Waals surface area contributed by atoms with Crippen LogP contribution in [0.25, 0.3) is 0 Å². The summed E-state index contributed by atoms with van der Waals surface area (Å²) in [5.74, 6) is 1.95. The maximum absolute atomic E-state index is 3.76. The second-order valence-corrected chi connectivity index (χ2v) is 6.18. The summed E-state index contributed by atoms with van der Waals surface area (Å²) in [4.78, 5) is 2.66. The molecule has 2 unspecified atom stereocenters.